The average molecular weight is 343 g/mol. The van der Waals surface area contributed by atoms with E-state index in [0.29, 0.717) is 6.61 Å². The summed E-state index contributed by atoms with van der Waals surface area (Å²) in [6, 6.07) is 24.4. The molecule has 0 saturated heterocycles. The highest BCUT2D eigenvalue weighted by atomic mass is 16.6. The SMILES string of the molecule is C=Cc1ccc(NC(O)OCC2c3ccccc3-c3ccccc32)cc1. The number of hydrogen-bond donors (Lipinski definition) is 2. The van der Waals surface area contributed by atoms with Gasteiger partial charge in [-0.1, -0.05) is 73.3 Å². The average Bonchev–Trinajstić information content (AvgIpc) is 3.01. The van der Waals surface area contributed by atoms with Crippen molar-refractivity contribution in [2.75, 3.05) is 11.9 Å². The van der Waals surface area contributed by atoms with Crippen LogP contribution in [0.1, 0.15) is 22.6 Å². The number of aliphatic hydroxyl groups is 1. The molecule has 3 aromatic carbocycles. The zero-order chi connectivity index (χ0) is 17.9. The van der Waals surface area contributed by atoms with E-state index in [1.54, 1.807) is 6.08 Å². The molecule has 0 radical (unpaired) electrons. The molecule has 1 atom stereocenters. The number of fused-ring (bicyclic) bond motifs is 3. The number of hydrogen-bond acceptors (Lipinski definition) is 3. The van der Waals surface area contributed by atoms with Crippen molar-refractivity contribution in [3.8, 4) is 11.1 Å². The molecule has 2 N–H and O–H groups in total. The maximum Gasteiger partial charge on any atom is 0.235 e. The second-order valence-corrected chi connectivity index (χ2v) is 6.38. The maximum atomic E-state index is 10.2. The predicted molar refractivity (Wildman–Crippen MR) is 106 cm³/mol. The molecule has 0 aromatic heterocycles. The van der Waals surface area contributed by atoms with Crippen LogP contribution in [0.5, 0.6) is 0 Å². The number of anilines is 1. The summed E-state index contributed by atoms with van der Waals surface area (Å²) in [4.78, 5) is 0. The van der Waals surface area contributed by atoms with Crippen molar-refractivity contribution in [1.29, 1.82) is 0 Å². The largest absolute Gasteiger partial charge is 0.351 e. The second kappa shape index (κ2) is 7.16. The van der Waals surface area contributed by atoms with E-state index in [2.05, 4.69) is 48.3 Å². The quantitative estimate of drug-likeness (QED) is 0.629. The Balaban J connectivity index is 1.46. The number of ether oxygens (including phenoxy) is 1. The van der Waals surface area contributed by atoms with E-state index in [4.69, 9.17) is 4.74 Å². The minimum Gasteiger partial charge on any atom is -0.351 e. The second-order valence-electron chi connectivity index (χ2n) is 6.38. The standard InChI is InChI=1S/C23H21NO2/c1-2-16-11-13-17(14-12-16)24-23(25)26-15-22-20-9-5-3-7-18(20)19-8-4-6-10-21(19)22/h2-14,22-25H,1,15H2. The van der Waals surface area contributed by atoms with E-state index < -0.39 is 6.41 Å². The van der Waals surface area contributed by atoms with Gasteiger partial charge in [0.05, 0.1) is 6.61 Å². The molecule has 1 aliphatic carbocycles. The number of rotatable bonds is 6. The van der Waals surface area contributed by atoms with Crippen LogP contribution in [0.3, 0.4) is 0 Å². The predicted octanol–water partition coefficient (Wildman–Crippen LogP) is 4.85. The van der Waals surface area contributed by atoms with Crippen molar-refractivity contribution in [2.24, 2.45) is 0 Å². The Labute approximate surface area is 153 Å². The Morgan fingerprint density at radius 2 is 1.50 bits per heavy atom. The van der Waals surface area contributed by atoms with Gasteiger partial charge in [0.25, 0.3) is 0 Å². The smallest absolute Gasteiger partial charge is 0.235 e. The summed E-state index contributed by atoms with van der Waals surface area (Å²) in [5, 5.41) is 13.2. The minimum atomic E-state index is -1.07. The molecule has 0 aliphatic heterocycles. The third kappa shape index (κ3) is 3.15. The van der Waals surface area contributed by atoms with Crippen LogP contribution in [-0.2, 0) is 4.74 Å². The molecule has 3 nitrogen and oxygen atoms in total. The summed E-state index contributed by atoms with van der Waals surface area (Å²) in [6.45, 7) is 4.15. The van der Waals surface area contributed by atoms with Gasteiger partial charge < -0.3 is 15.2 Å². The van der Waals surface area contributed by atoms with Gasteiger partial charge in [-0.25, -0.2) is 0 Å². The van der Waals surface area contributed by atoms with E-state index in [9.17, 15) is 5.11 Å². The Hall–Kier alpha value is -2.88. The molecule has 26 heavy (non-hydrogen) atoms. The summed E-state index contributed by atoms with van der Waals surface area (Å²) < 4.78 is 5.72. The molecule has 0 fully saturated rings. The van der Waals surface area contributed by atoms with Crippen LogP contribution < -0.4 is 5.32 Å². The molecular weight excluding hydrogens is 322 g/mol. The summed E-state index contributed by atoms with van der Waals surface area (Å²) >= 11 is 0. The molecule has 0 saturated carbocycles. The topological polar surface area (TPSA) is 41.5 Å². The lowest BCUT2D eigenvalue weighted by molar-refractivity contribution is -0.0801. The third-order valence-electron chi connectivity index (χ3n) is 4.82. The highest BCUT2D eigenvalue weighted by molar-refractivity contribution is 5.78. The summed E-state index contributed by atoms with van der Waals surface area (Å²) in [5.74, 6) is 0.127. The number of aliphatic hydroxyl groups excluding tert-OH is 1. The van der Waals surface area contributed by atoms with Crippen molar-refractivity contribution in [1.82, 2.24) is 0 Å². The van der Waals surface area contributed by atoms with Crippen LogP contribution in [0, 0.1) is 0 Å². The highest BCUT2D eigenvalue weighted by Crippen LogP contribution is 2.44. The van der Waals surface area contributed by atoms with Gasteiger partial charge in [0.2, 0.25) is 6.41 Å². The molecule has 4 rings (SSSR count). The van der Waals surface area contributed by atoms with Crippen LogP contribution in [0.25, 0.3) is 17.2 Å². The van der Waals surface area contributed by atoms with Crippen LogP contribution in [0.4, 0.5) is 5.69 Å². The summed E-state index contributed by atoms with van der Waals surface area (Å²) in [7, 11) is 0. The maximum absolute atomic E-state index is 10.2. The molecule has 1 aliphatic rings. The molecule has 0 spiro atoms. The van der Waals surface area contributed by atoms with Gasteiger partial charge >= 0.3 is 0 Å². The van der Waals surface area contributed by atoms with Crippen LogP contribution in [0.15, 0.2) is 79.4 Å². The van der Waals surface area contributed by atoms with Gasteiger partial charge in [-0.15, -0.1) is 0 Å². The van der Waals surface area contributed by atoms with E-state index >= 15 is 0 Å². The van der Waals surface area contributed by atoms with E-state index in [1.807, 2.05) is 36.4 Å². The third-order valence-corrected chi connectivity index (χ3v) is 4.82. The molecule has 0 amide bonds. The summed E-state index contributed by atoms with van der Waals surface area (Å²) in [5.41, 5.74) is 6.83. The zero-order valence-corrected chi connectivity index (χ0v) is 14.4. The van der Waals surface area contributed by atoms with Crippen LogP contribution in [0.2, 0.25) is 0 Å². The van der Waals surface area contributed by atoms with E-state index in [-0.39, 0.29) is 5.92 Å². The Morgan fingerprint density at radius 3 is 2.08 bits per heavy atom. The lowest BCUT2D eigenvalue weighted by Crippen LogP contribution is -2.24. The molecule has 130 valence electrons. The number of nitrogens with one attached hydrogen (secondary N) is 1. The number of benzene rings is 3. The fourth-order valence-corrected chi connectivity index (χ4v) is 3.53. The zero-order valence-electron chi connectivity index (χ0n) is 14.4. The first-order valence-electron chi connectivity index (χ1n) is 8.73. The lowest BCUT2D eigenvalue weighted by atomic mass is 9.98. The monoisotopic (exact) mass is 343 g/mol. The Morgan fingerprint density at radius 1 is 0.923 bits per heavy atom. The fourth-order valence-electron chi connectivity index (χ4n) is 3.53. The molecular formula is C23H21NO2. The van der Waals surface area contributed by atoms with E-state index in [1.165, 1.54) is 22.3 Å². The van der Waals surface area contributed by atoms with Crippen molar-refractivity contribution in [3.63, 3.8) is 0 Å². The normalized spacial score (nSPS) is 13.7. The van der Waals surface area contributed by atoms with Crippen LogP contribution in [-0.4, -0.2) is 18.1 Å². The molecule has 1 unspecified atom stereocenters. The highest BCUT2D eigenvalue weighted by Gasteiger charge is 2.28. The lowest BCUT2D eigenvalue weighted by Gasteiger charge is -2.19. The first-order valence-corrected chi connectivity index (χ1v) is 8.73. The van der Waals surface area contributed by atoms with Gasteiger partial charge in [-0.05, 0) is 39.9 Å². The Kier molecular flexibility index (Phi) is 4.57. The van der Waals surface area contributed by atoms with Gasteiger partial charge in [0, 0.05) is 11.6 Å². The van der Waals surface area contributed by atoms with Gasteiger partial charge in [-0.2, -0.15) is 0 Å². The molecule has 3 heteroatoms. The molecule has 0 bridgehead atoms. The van der Waals surface area contributed by atoms with E-state index in [0.717, 1.165) is 11.3 Å². The minimum absolute atomic E-state index is 0.127. The van der Waals surface area contributed by atoms with Crippen molar-refractivity contribution in [3.05, 3.63) is 96.1 Å². The van der Waals surface area contributed by atoms with Crippen LogP contribution >= 0.6 is 0 Å². The fraction of sp³-hybridized carbons (Fsp3) is 0.130. The first kappa shape index (κ1) is 16.6. The molecule has 3 aromatic rings. The molecule has 0 heterocycles. The van der Waals surface area contributed by atoms with Crippen molar-refractivity contribution >= 4 is 11.8 Å². The van der Waals surface area contributed by atoms with Gasteiger partial charge in [-0.3, -0.25) is 0 Å². The summed E-state index contributed by atoms with van der Waals surface area (Å²) in [6.07, 6.45) is 0.718. The van der Waals surface area contributed by atoms with Crippen molar-refractivity contribution in [2.45, 2.75) is 12.3 Å². The van der Waals surface area contributed by atoms with Crippen molar-refractivity contribution < 1.29 is 9.84 Å². The van der Waals surface area contributed by atoms with Gasteiger partial charge in [0.15, 0.2) is 0 Å². The first-order chi connectivity index (χ1) is 12.8. The Bertz CT molecular complexity index is 872. The van der Waals surface area contributed by atoms with Gasteiger partial charge in [0.1, 0.15) is 0 Å².